The van der Waals surface area contributed by atoms with Gasteiger partial charge in [0.25, 0.3) is 0 Å². The fraction of sp³-hybridized carbons (Fsp3) is 0.259. The monoisotopic (exact) mass is 443 g/mol. The number of hydrogen-bond donors (Lipinski definition) is 1. The summed E-state index contributed by atoms with van der Waals surface area (Å²) in [5.41, 5.74) is 5.00. The number of rotatable bonds is 6. The Bertz CT molecular complexity index is 1130. The molecule has 1 amide bonds. The second-order valence-electron chi connectivity index (χ2n) is 8.43. The summed E-state index contributed by atoms with van der Waals surface area (Å²) < 4.78 is 11.6. The summed E-state index contributed by atoms with van der Waals surface area (Å²) in [6.45, 7) is 1.28. The number of amides is 1. The summed E-state index contributed by atoms with van der Waals surface area (Å²) in [6.07, 6.45) is 1.43. The quantitative estimate of drug-likeness (QED) is 0.568. The first-order valence-corrected chi connectivity index (χ1v) is 11.2. The second kappa shape index (κ2) is 8.98. The van der Waals surface area contributed by atoms with Crippen molar-refractivity contribution >= 4 is 12.1 Å². The van der Waals surface area contributed by atoms with Crippen LogP contribution in [0.2, 0.25) is 0 Å². The van der Waals surface area contributed by atoms with Gasteiger partial charge in [-0.05, 0) is 59.4 Å². The molecule has 1 saturated heterocycles. The molecule has 0 spiro atoms. The highest BCUT2D eigenvalue weighted by molar-refractivity contribution is 5.87. The molecule has 1 atom stereocenters. The maximum atomic E-state index is 13.0. The molecular weight excluding hydrogens is 418 g/mol. The van der Waals surface area contributed by atoms with Gasteiger partial charge in [-0.2, -0.15) is 0 Å². The zero-order valence-electron chi connectivity index (χ0n) is 18.1. The Kier molecular flexibility index (Phi) is 5.73. The van der Waals surface area contributed by atoms with E-state index in [4.69, 9.17) is 14.6 Å². The summed E-state index contributed by atoms with van der Waals surface area (Å²) in [6, 6.07) is 22.8. The first kappa shape index (κ1) is 21.1. The lowest BCUT2D eigenvalue weighted by molar-refractivity contribution is 0.0696. The third kappa shape index (κ3) is 4.16. The van der Waals surface area contributed by atoms with Gasteiger partial charge in [0, 0.05) is 12.5 Å². The second-order valence-corrected chi connectivity index (χ2v) is 8.43. The Labute approximate surface area is 192 Å². The van der Waals surface area contributed by atoms with Crippen molar-refractivity contribution in [2.45, 2.75) is 24.8 Å². The highest BCUT2D eigenvalue weighted by Crippen LogP contribution is 2.44. The maximum Gasteiger partial charge on any atom is 0.410 e. The smallest absolute Gasteiger partial charge is 0.410 e. The molecule has 0 bridgehead atoms. The van der Waals surface area contributed by atoms with Crippen LogP contribution in [-0.2, 0) is 4.74 Å². The van der Waals surface area contributed by atoms with Gasteiger partial charge in [-0.1, -0.05) is 48.5 Å². The fourth-order valence-corrected chi connectivity index (χ4v) is 4.81. The minimum Gasteiger partial charge on any atom is -0.491 e. The summed E-state index contributed by atoms with van der Waals surface area (Å²) in [7, 11) is 0. The van der Waals surface area contributed by atoms with Gasteiger partial charge >= 0.3 is 12.1 Å². The number of carbonyl (C=O) groups is 2. The van der Waals surface area contributed by atoms with Gasteiger partial charge < -0.3 is 19.5 Å². The van der Waals surface area contributed by atoms with Crippen LogP contribution in [0.1, 0.15) is 40.2 Å². The molecular formula is C27H25NO5. The highest BCUT2D eigenvalue weighted by Gasteiger charge is 2.33. The van der Waals surface area contributed by atoms with Crippen molar-refractivity contribution in [2.75, 3.05) is 19.8 Å². The van der Waals surface area contributed by atoms with Crippen LogP contribution in [0, 0.1) is 0 Å². The van der Waals surface area contributed by atoms with E-state index >= 15 is 0 Å². The van der Waals surface area contributed by atoms with Crippen LogP contribution in [0.5, 0.6) is 5.75 Å². The number of nitrogens with zero attached hydrogens (tertiary/aromatic N) is 1. The van der Waals surface area contributed by atoms with Crippen LogP contribution >= 0.6 is 0 Å². The van der Waals surface area contributed by atoms with E-state index in [1.807, 2.05) is 24.3 Å². The molecule has 1 aliphatic carbocycles. The molecule has 0 aromatic heterocycles. The van der Waals surface area contributed by atoms with Gasteiger partial charge in [0.1, 0.15) is 19.0 Å². The highest BCUT2D eigenvalue weighted by atomic mass is 16.6. The minimum absolute atomic E-state index is 0.0337. The number of carboxylic acid groups (broad SMARTS) is 1. The number of fused-ring (bicyclic) bond motifs is 3. The van der Waals surface area contributed by atoms with Crippen LogP contribution in [0.4, 0.5) is 4.79 Å². The largest absolute Gasteiger partial charge is 0.491 e. The molecule has 6 heteroatoms. The average molecular weight is 443 g/mol. The topological polar surface area (TPSA) is 76.1 Å². The molecule has 33 heavy (non-hydrogen) atoms. The number of benzene rings is 3. The van der Waals surface area contributed by atoms with Crippen molar-refractivity contribution in [1.29, 1.82) is 0 Å². The van der Waals surface area contributed by atoms with Gasteiger partial charge in [-0.3, -0.25) is 0 Å². The SMILES string of the molecule is O=C(O)c1ccc(OC[C@@H]2CCCN2C(=O)OCC2c3ccccc3-c3ccccc32)cc1. The third-order valence-corrected chi connectivity index (χ3v) is 6.49. The van der Waals surface area contributed by atoms with Crippen molar-refractivity contribution in [2.24, 2.45) is 0 Å². The Hall–Kier alpha value is -3.80. The van der Waals surface area contributed by atoms with Crippen molar-refractivity contribution in [3.63, 3.8) is 0 Å². The van der Waals surface area contributed by atoms with Crippen molar-refractivity contribution in [3.8, 4) is 16.9 Å². The molecule has 2 aliphatic rings. The summed E-state index contributed by atoms with van der Waals surface area (Å²) in [5, 5.41) is 9.01. The van der Waals surface area contributed by atoms with E-state index in [0.29, 0.717) is 25.5 Å². The van der Waals surface area contributed by atoms with E-state index < -0.39 is 5.97 Å². The molecule has 3 aromatic carbocycles. The lowest BCUT2D eigenvalue weighted by Crippen LogP contribution is -2.39. The van der Waals surface area contributed by atoms with E-state index in [2.05, 4.69) is 24.3 Å². The predicted octanol–water partition coefficient (Wildman–Crippen LogP) is 5.18. The molecule has 6 nitrogen and oxygen atoms in total. The number of carbonyl (C=O) groups excluding carboxylic acids is 1. The van der Waals surface area contributed by atoms with Gasteiger partial charge in [0.05, 0.1) is 11.6 Å². The van der Waals surface area contributed by atoms with Crippen LogP contribution in [0.15, 0.2) is 72.8 Å². The molecule has 0 radical (unpaired) electrons. The van der Waals surface area contributed by atoms with Crippen LogP contribution in [0.3, 0.4) is 0 Å². The van der Waals surface area contributed by atoms with Crippen molar-refractivity contribution < 1.29 is 24.2 Å². The van der Waals surface area contributed by atoms with E-state index in [-0.39, 0.29) is 23.6 Å². The Balaban J connectivity index is 1.21. The molecule has 0 saturated carbocycles. The molecule has 1 aliphatic heterocycles. The molecule has 1 heterocycles. The molecule has 0 unspecified atom stereocenters. The molecule has 168 valence electrons. The first-order chi connectivity index (χ1) is 16.1. The van der Waals surface area contributed by atoms with Crippen LogP contribution in [0.25, 0.3) is 11.1 Å². The summed E-state index contributed by atoms with van der Waals surface area (Å²) >= 11 is 0. The zero-order valence-corrected chi connectivity index (χ0v) is 18.1. The van der Waals surface area contributed by atoms with Crippen molar-refractivity contribution in [3.05, 3.63) is 89.5 Å². The number of carboxylic acids is 1. The lowest BCUT2D eigenvalue weighted by atomic mass is 9.98. The molecule has 5 rings (SSSR count). The van der Waals surface area contributed by atoms with E-state index in [1.54, 1.807) is 17.0 Å². The van der Waals surface area contributed by atoms with E-state index in [1.165, 1.54) is 34.4 Å². The Morgan fingerprint density at radius 2 is 1.52 bits per heavy atom. The summed E-state index contributed by atoms with van der Waals surface area (Å²) in [4.78, 5) is 25.7. The number of aromatic carboxylic acids is 1. The van der Waals surface area contributed by atoms with Gasteiger partial charge in [0.15, 0.2) is 0 Å². The minimum atomic E-state index is -0.973. The molecule has 1 fully saturated rings. The number of likely N-dealkylation sites (tertiary alicyclic amines) is 1. The van der Waals surface area contributed by atoms with Gasteiger partial charge in [-0.15, -0.1) is 0 Å². The standard InChI is InChI=1S/C27H25NO5/c29-26(30)18-11-13-20(14-12-18)32-16-19-6-5-15-28(19)27(31)33-17-25-23-9-3-1-7-21(23)22-8-2-4-10-24(22)25/h1-4,7-14,19,25H,5-6,15-17H2,(H,29,30)/t19-/m0/s1. The fourth-order valence-electron chi connectivity index (χ4n) is 4.81. The predicted molar refractivity (Wildman–Crippen MR) is 124 cm³/mol. The van der Waals surface area contributed by atoms with Gasteiger partial charge in [0.2, 0.25) is 0 Å². The summed E-state index contributed by atoms with van der Waals surface area (Å²) in [5.74, 6) is -0.357. The van der Waals surface area contributed by atoms with E-state index in [0.717, 1.165) is 12.8 Å². The number of hydrogen-bond acceptors (Lipinski definition) is 4. The zero-order chi connectivity index (χ0) is 22.8. The van der Waals surface area contributed by atoms with Crippen LogP contribution < -0.4 is 4.74 Å². The molecule has 1 N–H and O–H groups in total. The lowest BCUT2D eigenvalue weighted by Gasteiger charge is -2.25. The van der Waals surface area contributed by atoms with Gasteiger partial charge in [-0.25, -0.2) is 9.59 Å². The van der Waals surface area contributed by atoms with Crippen LogP contribution in [-0.4, -0.2) is 47.9 Å². The maximum absolute atomic E-state index is 13.0. The number of ether oxygens (including phenoxy) is 2. The average Bonchev–Trinajstić information content (AvgIpc) is 3.44. The van der Waals surface area contributed by atoms with E-state index in [9.17, 15) is 9.59 Å². The Morgan fingerprint density at radius 1 is 0.879 bits per heavy atom. The van der Waals surface area contributed by atoms with Crippen molar-refractivity contribution in [1.82, 2.24) is 4.90 Å². The first-order valence-electron chi connectivity index (χ1n) is 11.2. The Morgan fingerprint density at radius 3 is 2.15 bits per heavy atom. The third-order valence-electron chi connectivity index (χ3n) is 6.49. The normalized spacial score (nSPS) is 16.8. The molecule has 3 aromatic rings.